The summed E-state index contributed by atoms with van der Waals surface area (Å²) in [6.07, 6.45) is 6.09. The number of nitrogens with one attached hydrogen (secondary N) is 2. The molecule has 2 saturated heterocycles. The molecular weight excluding hydrogens is 520 g/mol. The van der Waals surface area contributed by atoms with Gasteiger partial charge in [-0.15, -0.1) is 24.0 Å². The molecule has 1 atom stereocenters. The highest BCUT2D eigenvalue weighted by atomic mass is 127. The second-order valence-corrected chi connectivity index (χ2v) is 9.01. The number of hydrogen-bond acceptors (Lipinski definition) is 4. The molecule has 0 spiro atoms. The van der Waals surface area contributed by atoms with Gasteiger partial charge in [0.2, 0.25) is 0 Å². The summed E-state index contributed by atoms with van der Waals surface area (Å²) in [7, 11) is 2.21. The Hall–Kier alpha value is -1.13. The molecule has 0 bridgehead atoms. The van der Waals surface area contributed by atoms with Crippen LogP contribution in [-0.4, -0.2) is 80.3 Å². The number of aliphatic imine (C=N–C) groups is 1. The van der Waals surface area contributed by atoms with Crippen molar-refractivity contribution in [3.8, 4) is 5.75 Å². The lowest BCUT2D eigenvalue weighted by Gasteiger charge is -2.49. The Morgan fingerprint density at radius 1 is 1.12 bits per heavy atom. The van der Waals surface area contributed by atoms with Crippen molar-refractivity contribution in [2.24, 2.45) is 4.99 Å². The van der Waals surface area contributed by atoms with Gasteiger partial charge in [0.25, 0.3) is 0 Å². The second-order valence-electron chi connectivity index (χ2n) is 9.01. The number of hydrogen-bond donors (Lipinski definition) is 2. The molecule has 2 aliphatic rings. The van der Waals surface area contributed by atoms with E-state index in [4.69, 9.17) is 9.73 Å². The van der Waals surface area contributed by atoms with Crippen LogP contribution in [-0.2, 0) is 0 Å². The topological polar surface area (TPSA) is 52.1 Å². The fourth-order valence-corrected chi connectivity index (χ4v) is 4.58. The van der Waals surface area contributed by atoms with Crippen LogP contribution in [0.25, 0.3) is 0 Å². The average Bonchev–Trinajstić information content (AvgIpc) is 2.79. The molecule has 32 heavy (non-hydrogen) atoms. The van der Waals surface area contributed by atoms with E-state index in [1.54, 1.807) is 18.2 Å². The molecule has 1 aromatic rings. The first kappa shape index (κ1) is 27.1. The quantitative estimate of drug-likeness (QED) is 0.288. The first-order chi connectivity index (χ1) is 15.0. The first-order valence-corrected chi connectivity index (χ1v) is 11.9. The Labute approximate surface area is 210 Å². The number of para-hydroxylation sites is 1. The van der Waals surface area contributed by atoms with Crippen molar-refractivity contribution < 1.29 is 9.13 Å². The van der Waals surface area contributed by atoms with Gasteiger partial charge in [-0.2, -0.15) is 0 Å². The highest BCUT2D eigenvalue weighted by Gasteiger charge is 2.39. The van der Waals surface area contributed by atoms with Gasteiger partial charge in [-0.3, -0.25) is 9.89 Å². The van der Waals surface area contributed by atoms with E-state index >= 15 is 0 Å². The number of ether oxygens (including phenoxy) is 1. The molecule has 6 nitrogen and oxygen atoms in total. The average molecular weight is 562 g/mol. The van der Waals surface area contributed by atoms with Crippen LogP contribution in [0, 0.1) is 5.82 Å². The highest BCUT2D eigenvalue weighted by molar-refractivity contribution is 14.0. The van der Waals surface area contributed by atoms with Crippen LogP contribution in [0.4, 0.5) is 4.39 Å². The molecule has 182 valence electrons. The van der Waals surface area contributed by atoms with Gasteiger partial charge in [-0.1, -0.05) is 18.6 Å². The normalized spacial score (nSPS) is 20.8. The number of likely N-dealkylation sites (tertiary alicyclic amines) is 2. The van der Waals surface area contributed by atoms with E-state index in [9.17, 15) is 4.39 Å². The zero-order chi connectivity index (χ0) is 22.1. The maximum atomic E-state index is 13.9. The van der Waals surface area contributed by atoms with Crippen molar-refractivity contribution in [1.29, 1.82) is 0 Å². The van der Waals surface area contributed by atoms with Gasteiger partial charge in [0.1, 0.15) is 6.10 Å². The molecule has 2 heterocycles. The molecule has 1 unspecified atom stereocenters. The van der Waals surface area contributed by atoms with Crippen LogP contribution in [0.2, 0.25) is 0 Å². The lowest BCUT2D eigenvalue weighted by atomic mass is 9.84. The summed E-state index contributed by atoms with van der Waals surface area (Å²) in [5.74, 6) is 0.761. The number of rotatable bonds is 8. The zero-order valence-electron chi connectivity index (χ0n) is 19.9. The highest BCUT2D eigenvalue weighted by Crippen LogP contribution is 2.31. The fourth-order valence-electron chi connectivity index (χ4n) is 4.58. The number of guanidine groups is 1. The van der Waals surface area contributed by atoms with Gasteiger partial charge in [-0.05, 0) is 84.9 Å². The minimum absolute atomic E-state index is 0. The van der Waals surface area contributed by atoms with E-state index in [0.717, 1.165) is 32.1 Å². The summed E-state index contributed by atoms with van der Waals surface area (Å²) in [5.41, 5.74) is 0.157. The summed E-state index contributed by atoms with van der Waals surface area (Å²) in [6.45, 7) is 10.8. The Balaban J connectivity index is 0.00000363. The van der Waals surface area contributed by atoms with E-state index < -0.39 is 0 Å². The molecule has 2 aliphatic heterocycles. The van der Waals surface area contributed by atoms with E-state index in [2.05, 4.69) is 34.4 Å². The molecule has 0 aromatic heterocycles. The predicted molar refractivity (Wildman–Crippen MR) is 141 cm³/mol. The lowest BCUT2D eigenvalue weighted by Crippen LogP contribution is -2.58. The summed E-state index contributed by atoms with van der Waals surface area (Å²) in [4.78, 5) is 10.1. The Morgan fingerprint density at radius 3 is 2.47 bits per heavy atom. The SMILES string of the molecule is CCNC(=NCC1(N2CCCCC2)CCN(C)CC1)NCC(C)Oc1ccccc1F.I. The Morgan fingerprint density at radius 2 is 1.81 bits per heavy atom. The first-order valence-electron chi connectivity index (χ1n) is 11.9. The number of halogens is 2. The third kappa shape index (κ3) is 7.73. The smallest absolute Gasteiger partial charge is 0.191 e. The molecule has 3 rings (SSSR count). The summed E-state index contributed by atoms with van der Waals surface area (Å²) in [5, 5.41) is 6.75. The van der Waals surface area contributed by atoms with Gasteiger partial charge in [-0.25, -0.2) is 4.39 Å². The molecule has 2 N–H and O–H groups in total. The molecule has 0 radical (unpaired) electrons. The van der Waals surface area contributed by atoms with Crippen molar-refractivity contribution in [2.75, 3.05) is 52.9 Å². The summed E-state index contributed by atoms with van der Waals surface area (Å²) in [6, 6.07) is 6.53. The van der Waals surface area contributed by atoms with Crippen molar-refractivity contribution in [3.05, 3.63) is 30.1 Å². The van der Waals surface area contributed by atoms with Crippen molar-refractivity contribution >= 4 is 29.9 Å². The number of benzene rings is 1. The van der Waals surface area contributed by atoms with E-state index in [1.807, 2.05) is 6.92 Å². The fraction of sp³-hybridized carbons (Fsp3) is 0.708. The predicted octanol–water partition coefficient (Wildman–Crippen LogP) is 3.72. The lowest BCUT2D eigenvalue weighted by molar-refractivity contribution is 0.0208. The van der Waals surface area contributed by atoms with Gasteiger partial charge in [0.15, 0.2) is 17.5 Å². The third-order valence-electron chi connectivity index (χ3n) is 6.54. The standard InChI is InChI=1S/C24H40FN5O.HI/c1-4-26-23(27-18-20(2)31-22-11-7-6-10-21(22)25)28-19-24(12-16-29(3)17-13-24)30-14-8-5-9-15-30;/h6-7,10-11,20H,4-5,8-9,12-19H2,1-3H3,(H2,26,27,28);1H. The largest absolute Gasteiger partial charge is 0.486 e. The molecule has 2 fully saturated rings. The Kier molecular flexibility index (Phi) is 11.5. The van der Waals surface area contributed by atoms with E-state index in [0.29, 0.717) is 6.54 Å². The van der Waals surface area contributed by atoms with E-state index in [-0.39, 0.29) is 47.2 Å². The maximum absolute atomic E-state index is 13.9. The van der Waals surface area contributed by atoms with Crippen LogP contribution < -0.4 is 15.4 Å². The second kappa shape index (κ2) is 13.5. The minimum Gasteiger partial charge on any atom is -0.486 e. The molecule has 0 saturated carbocycles. The van der Waals surface area contributed by atoms with Crippen molar-refractivity contribution in [3.63, 3.8) is 0 Å². The van der Waals surface area contributed by atoms with Crippen molar-refractivity contribution in [2.45, 2.75) is 57.6 Å². The third-order valence-corrected chi connectivity index (χ3v) is 6.54. The minimum atomic E-state index is -0.333. The number of nitrogens with zero attached hydrogens (tertiary/aromatic N) is 3. The molecule has 0 aliphatic carbocycles. The van der Waals surface area contributed by atoms with Crippen LogP contribution in [0.15, 0.2) is 29.3 Å². The van der Waals surface area contributed by atoms with Gasteiger partial charge in [0.05, 0.1) is 13.1 Å². The van der Waals surface area contributed by atoms with E-state index in [1.165, 1.54) is 51.3 Å². The van der Waals surface area contributed by atoms with Crippen LogP contribution in [0.3, 0.4) is 0 Å². The Bertz CT molecular complexity index is 705. The molecule has 0 amide bonds. The molecule has 1 aromatic carbocycles. The zero-order valence-corrected chi connectivity index (χ0v) is 22.2. The van der Waals surface area contributed by atoms with Gasteiger partial charge < -0.3 is 20.3 Å². The summed E-state index contributed by atoms with van der Waals surface area (Å²) < 4.78 is 19.6. The van der Waals surface area contributed by atoms with Crippen LogP contribution in [0.5, 0.6) is 5.75 Å². The van der Waals surface area contributed by atoms with Crippen LogP contribution >= 0.6 is 24.0 Å². The number of piperidine rings is 2. The summed E-state index contributed by atoms with van der Waals surface area (Å²) >= 11 is 0. The van der Waals surface area contributed by atoms with Crippen LogP contribution in [0.1, 0.15) is 46.0 Å². The van der Waals surface area contributed by atoms with Crippen molar-refractivity contribution in [1.82, 2.24) is 20.4 Å². The molecular formula is C24H41FIN5O. The monoisotopic (exact) mass is 561 g/mol. The van der Waals surface area contributed by atoms with Gasteiger partial charge in [0, 0.05) is 12.1 Å². The van der Waals surface area contributed by atoms with Gasteiger partial charge >= 0.3 is 0 Å². The maximum Gasteiger partial charge on any atom is 0.191 e. The molecule has 8 heteroatoms.